The monoisotopic (exact) mass is 210 g/mol. The summed E-state index contributed by atoms with van der Waals surface area (Å²) in [5.41, 5.74) is 0. The van der Waals surface area contributed by atoms with Crippen LogP contribution in [0, 0.1) is 0 Å². The molecule has 0 aromatic rings. The third kappa shape index (κ3) is 5.28. The van der Waals surface area contributed by atoms with Crippen LogP contribution in [0.4, 0.5) is 4.39 Å². The number of halogens is 5. The van der Waals surface area contributed by atoms with Crippen LogP contribution in [0.5, 0.6) is 0 Å². The summed E-state index contributed by atoms with van der Waals surface area (Å²) in [6, 6.07) is 0. The summed E-state index contributed by atoms with van der Waals surface area (Å²) >= 11 is 20.4. The van der Waals surface area contributed by atoms with Crippen molar-refractivity contribution in [2.75, 3.05) is 0 Å². The molecule has 0 bridgehead atoms. The summed E-state index contributed by atoms with van der Waals surface area (Å²) in [4.78, 5) is -1.11. The first kappa shape index (κ1) is 9.83. The van der Waals surface area contributed by atoms with Crippen molar-refractivity contribution in [2.24, 2.45) is 0 Å². The zero-order valence-electron chi connectivity index (χ0n) is 4.12. The molecule has 0 saturated carbocycles. The number of allylic oxidation sites excluding steroid dienone is 1. The highest BCUT2D eigenvalue weighted by molar-refractivity contribution is 6.56. The molecule has 54 valence electrons. The first-order valence-corrected chi connectivity index (χ1v) is 3.62. The van der Waals surface area contributed by atoms with E-state index in [9.17, 15) is 4.39 Å². The van der Waals surface area contributed by atoms with Gasteiger partial charge in [-0.3, -0.25) is 0 Å². The second-order valence-corrected chi connectivity index (χ2v) is 3.41. The fraction of sp³-hybridized carbons (Fsp3) is 0.500. The quantitative estimate of drug-likeness (QED) is 0.614. The number of rotatable bonds is 2. The van der Waals surface area contributed by atoms with Gasteiger partial charge in [-0.25, -0.2) is 4.39 Å². The first-order valence-electron chi connectivity index (χ1n) is 1.99. The van der Waals surface area contributed by atoms with Crippen LogP contribution in [0.1, 0.15) is 0 Å². The van der Waals surface area contributed by atoms with E-state index in [1.807, 2.05) is 0 Å². The van der Waals surface area contributed by atoms with Gasteiger partial charge in [0.1, 0.15) is 9.33 Å². The van der Waals surface area contributed by atoms with Gasteiger partial charge >= 0.3 is 0 Å². The largest absolute Gasteiger partial charge is 0.240 e. The van der Waals surface area contributed by atoms with Crippen molar-refractivity contribution in [3.63, 3.8) is 0 Å². The lowest BCUT2D eigenvalue weighted by molar-refractivity contribution is 0.420. The van der Waals surface area contributed by atoms with Gasteiger partial charge in [0.15, 0.2) is 6.17 Å². The van der Waals surface area contributed by atoms with Crippen LogP contribution >= 0.6 is 46.4 Å². The Hall–Kier alpha value is 0.830. The molecule has 0 N–H and O–H groups in total. The zero-order chi connectivity index (χ0) is 7.44. The topological polar surface area (TPSA) is 0 Å². The van der Waals surface area contributed by atoms with Crippen molar-refractivity contribution in [1.29, 1.82) is 0 Å². The van der Waals surface area contributed by atoms with Gasteiger partial charge in [0.05, 0.1) is 0 Å². The molecule has 1 atom stereocenters. The fourth-order valence-electron chi connectivity index (χ4n) is 0.193. The third-order valence-electron chi connectivity index (χ3n) is 0.526. The maximum atomic E-state index is 12.3. The molecule has 0 aromatic carbocycles. The Morgan fingerprint density at radius 2 is 1.78 bits per heavy atom. The molecule has 0 nitrogen and oxygen atoms in total. The summed E-state index contributed by atoms with van der Waals surface area (Å²) in [6.07, 6.45) is -0.577. The third-order valence-corrected chi connectivity index (χ3v) is 1.26. The van der Waals surface area contributed by atoms with Gasteiger partial charge in [-0.05, 0) is 6.08 Å². The minimum absolute atomic E-state index is 0.172. The molecule has 0 amide bonds. The minimum atomic E-state index is -1.50. The molecule has 0 aromatic heterocycles. The Morgan fingerprint density at radius 3 is 1.89 bits per heavy atom. The van der Waals surface area contributed by atoms with Crippen molar-refractivity contribution in [2.45, 2.75) is 11.0 Å². The van der Waals surface area contributed by atoms with E-state index in [0.29, 0.717) is 0 Å². The molecule has 0 spiro atoms. The number of hydrogen-bond acceptors (Lipinski definition) is 0. The molecular formula is C4H3Cl4F. The molecule has 1 unspecified atom stereocenters. The maximum absolute atomic E-state index is 12.3. The molecule has 0 radical (unpaired) electrons. The van der Waals surface area contributed by atoms with Crippen molar-refractivity contribution in [3.05, 3.63) is 10.6 Å². The smallest absolute Gasteiger partial charge is 0.151 e. The van der Waals surface area contributed by atoms with Gasteiger partial charge in [-0.1, -0.05) is 23.2 Å². The van der Waals surface area contributed by atoms with E-state index in [0.717, 1.165) is 6.08 Å². The summed E-state index contributed by atoms with van der Waals surface area (Å²) in [5, 5.41) is 0. The van der Waals surface area contributed by atoms with Crippen LogP contribution in [0.3, 0.4) is 0 Å². The molecule has 0 aliphatic heterocycles. The molecule has 5 heteroatoms. The Balaban J connectivity index is 3.76. The van der Waals surface area contributed by atoms with Crippen LogP contribution in [-0.4, -0.2) is 11.0 Å². The van der Waals surface area contributed by atoms with Gasteiger partial charge in [-0.15, -0.1) is 23.2 Å². The average molecular weight is 212 g/mol. The fourth-order valence-corrected chi connectivity index (χ4v) is 0.579. The first-order chi connectivity index (χ1) is 4.04. The predicted octanol–water partition coefficient (Wildman–Crippen LogP) is 3.45. The summed E-state index contributed by atoms with van der Waals surface area (Å²) in [6.45, 7) is 0. The number of hydrogen-bond donors (Lipinski definition) is 0. The van der Waals surface area contributed by atoms with Crippen LogP contribution in [0.2, 0.25) is 0 Å². The van der Waals surface area contributed by atoms with Gasteiger partial charge in [0, 0.05) is 0 Å². The minimum Gasteiger partial charge on any atom is -0.240 e. The second kappa shape index (κ2) is 4.62. The average Bonchev–Trinajstić information content (AvgIpc) is 1.63. The van der Waals surface area contributed by atoms with Gasteiger partial charge in [0.2, 0.25) is 0 Å². The lowest BCUT2D eigenvalue weighted by Crippen LogP contribution is -2.05. The van der Waals surface area contributed by atoms with Gasteiger partial charge in [0.25, 0.3) is 0 Å². The molecule has 0 rings (SSSR count). The van der Waals surface area contributed by atoms with Gasteiger partial charge < -0.3 is 0 Å². The highest BCUT2D eigenvalue weighted by Crippen LogP contribution is 2.17. The highest BCUT2D eigenvalue weighted by Gasteiger charge is 2.12. The van der Waals surface area contributed by atoms with E-state index in [-0.39, 0.29) is 4.49 Å². The van der Waals surface area contributed by atoms with Crippen molar-refractivity contribution < 1.29 is 4.39 Å². The molecule has 0 fully saturated rings. The van der Waals surface area contributed by atoms with Crippen molar-refractivity contribution >= 4 is 46.4 Å². The van der Waals surface area contributed by atoms with E-state index in [1.165, 1.54) is 0 Å². The standard InChI is InChI=1S/C4H3Cl4F/c5-3(6)1-2(9)4(7)8/h1-2,4H. The lowest BCUT2D eigenvalue weighted by Gasteiger charge is -2.00. The molecule has 0 aliphatic carbocycles. The number of alkyl halides is 3. The van der Waals surface area contributed by atoms with Crippen LogP contribution in [0.25, 0.3) is 0 Å². The predicted molar refractivity (Wildman–Crippen MR) is 40.2 cm³/mol. The Morgan fingerprint density at radius 1 is 1.33 bits per heavy atom. The summed E-state index contributed by atoms with van der Waals surface area (Å²) in [7, 11) is 0. The Labute approximate surface area is 72.5 Å². The molecule has 0 aliphatic rings. The Kier molecular flexibility index (Phi) is 5.04. The SMILES string of the molecule is FC(C=C(Cl)Cl)C(Cl)Cl. The normalized spacial score (nSPS) is 13.6. The molecule has 0 saturated heterocycles. The molecule has 9 heavy (non-hydrogen) atoms. The van der Waals surface area contributed by atoms with Crippen molar-refractivity contribution in [3.8, 4) is 0 Å². The van der Waals surface area contributed by atoms with Crippen LogP contribution < -0.4 is 0 Å². The summed E-state index contributed by atoms with van der Waals surface area (Å²) in [5.74, 6) is 0. The molecular weight excluding hydrogens is 209 g/mol. The van der Waals surface area contributed by atoms with Crippen LogP contribution in [-0.2, 0) is 0 Å². The molecule has 0 heterocycles. The van der Waals surface area contributed by atoms with E-state index in [1.54, 1.807) is 0 Å². The van der Waals surface area contributed by atoms with Crippen LogP contribution in [0.15, 0.2) is 10.6 Å². The highest BCUT2D eigenvalue weighted by atomic mass is 35.5. The zero-order valence-corrected chi connectivity index (χ0v) is 7.15. The van der Waals surface area contributed by atoms with E-state index >= 15 is 0 Å². The van der Waals surface area contributed by atoms with E-state index in [4.69, 9.17) is 46.4 Å². The van der Waals surface area contributed by atoms with E-state index in [2.05, 4.69) is 0 Å². The van der Waals surface area contributed by atoms with E-state index < -0.39 is 11.0 Å². The Bertz CT molecular complexity index is 107. The van der Waals surface area contributed by atoms with Crippen molar-refractivity contribution in [1.82, 2.24) is 0 Å². The second-order valence-electron chi connectivity index (χ2n) is 1.24. The summed E-state index contributed by atoms with van der Waals surface area (Å²) < 4.78 is 12.1. The van der Waals surface area contributed by atoms with Gasteiger partial charge in [-0.2, -0.15) is 0 Å². The maximum Gasteiger partial charge on any atom is 0.151 e. The lowest BCUT2D eigenvalue weighted by atomic mass is 10.4.